The molecule has 0 saturated carbocycles. The molecule has 1 aliphatic rings. The monoisotopic (exact) mass is 289 g/mol. The maximum absolute atomic E-state index is 12.5. The van der Waals surface area contributed by atoms with Crippen LogP contribution in [-0.2, 0) is 4.79 Å². The smallest absolute Gasteiger partial charge is 0.321 e. The Labute approximate surface area is 125 Å². The Hall–Kier alpha value is -1.88. The highest BCUT2D eigenvalue weighted by molar-refractivity contribution is 5.97. The fraction of sp³-hybridized carbons (Fsp3) is 0.500. The molecule has 1 saturated heterocycles. The number of piperidine rings is 1. The zero-order chi connectivity index (χ0) is 15.2. The molecule has 1 atom stereocenters. The highest BCUT2D eigenvalue weighted by Crippen LogP contribution is 2.26. The second kappa shape index (κ2) is 7.22. The summed E-state index contributed by atoms with van der Waals surface area (Å²) >= 11 is 0. The molecule has 1 fully saturated rings. The molecule has 114 valence electrons. The van der Waals surface area contributed by atoms with Crippen molar-refractivity contribution in [2.24, 2.45) is 5.92 Å². The van der Waals surface area contributed by atoms with Gasteiger partial charge in [0.15, 0.2) is 0 Å². The average Bonchev–Trinajstić information content (AvgIpc) is 2.50. The van der Waals surface area contributed by atoms with E-state index in [2.05, 4.69) is 22.5 Å². The molecular weight excluding hydrogens is 266 g/mol. The number of hydrogen-bond acceptors (Lipinski definition) is 3. The summed E-state index contributed by atoms with van der Waals surface area (Å²) in [5, 5.41) is 4.83. The first-order valence-electron chi connectivity index (χ1n) is 7.43. The third-order valence-electron chi connectivity index (χ3n) is 4.01. The van der Waals surface area contributed by atoms with Crippen molar-refractivity contribution in [1.82, 2.24) is 15.5 Å². The molecule has 2 rings (SSSR count). The SMILES string of the molecule is CNC(=O)NC(=O)[C@@H](c1ccccc1)N1CCC(C)CC1. The van der Waals surface area contributed by atoms with E-state index >= 15 is 0 Å². The van der Waals surface area contributed by atoms with Crippen molar-refractivity contribution in [2.45, 2.75) is 25.8 Å². The van der Waals surface area contributed by atoms with E-state index in [0.717, 1.165) is 31.5 Å². The number of imide groups is 1. The Bertz CT molecular complexity index is 482. The van der Waals surface area contributed by atoms with Crippen LogP contribution in [0, 0.1) is 5.92 Å². The van der Waals surface area contributed by atoms with Crippen LogP contribution in [0.4, 0.5) is 4.79 Å². The topological polar surface area (TPSA) is 61.4 Å². The van der Waals surface area contributed by atoms with Gasteiger partial charge in [0, 0.05) is 7.05 Å². The van der Waals surface area contributed by atoms with E-state index < -0.39 is 12.1 Å². The molecule has 0 aromatic heterocycles. The summed E-state index contributed by atoms with van der Waals surface area (Å²) in [7, 11) is 1.50. The van der Waals surface area contributed by atoms with Gasteiger partial charge in [-0.1, -0.05) is 37.3 Å². The second-order valence-electron chi connectivity index (χ2n) is 5.60. The molecule has 5 heteroatoms. The van der Waals surface area contributed by atoms with E-state index in [-0.39, 0.29) is 5.91 Å². The van der Waals surface area contributed by atoms with Gasteiger partial charge in [0.25, 0.3) is 0 Å². The summed E-state index contributed by atoms with van der Waals surface area (Å²) in [6, 6.07) is 8.76. The van der Waals surface area contributed by atoms with Crippen LogP contribution < -0.4 is 10.6 Å². The molecule has 1 heterocycles. The largest absolute Gasteiger partial charge is 0.341 e. The molecular formula is C16H23N3O2. The molecule has 1 aromatic carbocycles. The Morgan fingerprint density at radius 2 is 1.81 bits per heavy atom. The summed E-state index contributed by atoms with van der Waals surface area (Å²) in [6.07, 6.45) is 2.16. The van der Waals surface area contributed by atoms with Gasteiger partial charge in [-0.15, -0.1) is 0 Å². The molecule has 0 unspecified atom stereocenters. The van der Waals surface area contributed by atoms with E-state index in [0.29, 0.717) is 5.92 Å². The van der Waals surface area contributed by atoms with Crippen molar-refractivity contribution < 1.29 is 9.59 Å². The Morgan fingerprint density at radius 3 is 2.38 bits per heavy atom. The number of benzene rings is 1. The predicted molar refractivity (Wildman–Crippen MR) is 81.8 cm³/mol. The van der Waals surface area contributed by atoms with Gasteiger partial charge < -0.3 is 5.32 Å². The molecule has 0 aliphatic carbocycles. The number of carbonyl (C=O) groups is 2. The van der Waals surface area contributed by atoms with Crippen LogP contribution in [0.3, 0.4) is 0 Å². The van der Waals surface area contributed by atoms with Gasteiger partial charge in [-0.05, 0) is 37.4 Å². The van der Waals surface area contributed by atoms with Crippen molar-refractivity contribution in [3.8, 4) is 0 Å². The third kappa shape index (κ3) is 4.04. The van der Waals surface area contributed by atoms with E-state index in [1.807, 2.05) is 30.3 Å². The van der Waals surface area contributed by atoms with Crippen LogP contribution in [0.15, 0.2) is 30.3 Å². The minimum absolute atomic E-state index is 0.268. The van der Waals surface area contributed by atoms with Gasteiger partial charge in [-0.3, -0.25) is 15.0 Å². The fourth-order valence-corrected chi connectivity index (χ4v) is 2.69. The van der Waals surface area contributed by atoms with Gasteiger partial charge >= 0.3 is 6.03 Å². The lowest BCUT2D eigenvalue weighted by molar-refractivity contribution is -0.126. The maximum atomic E-state index is 12.5. The predicted octanol–water partition coefficient (Wildman–Crippen LogP) is 1.92. The minimum Gasteiger partial charge on any atom is -0.341 e. The summed E-state index contributed by atoms with van der Waals surface area (Å²) in [5.41, 5.74) is 0.924. The van der Waals surface area contributed by atoms with Crippen LogP contribution in [0.1, 0.15) is 31.4 Å². The normalized spacial score (nSPS) is 18.0. The van der Waals surface area contributed by atoms with Crippen molar-refractivity contribution in [2.75, 3.05) is 20.1 Å². The molecule has 2 N–H and O–H groups in total. The van der Waals surface area contributed by atoms with Crippen LogP contribution >= 0.6 is 0 Å². The van der Waals surface area contributed by atoms with E-state index in [1.54, 1.807) is 0 Å². The molecule has 1 aliphatic heterocycles. The molecule has 21 heavy (non-hydrogen) atoms. The first kappa shape index (κ1) is 15.5. The summed E-state index contributed by atoms with van der Waals surface area (Å²) in [4.78, 5) is 26.1. The zero-order valence-electron chi connectivity index (χ0n) is 12.6. The van der Waals surface area contributed by atoms with E-state index in [9.17, 15) is 9.59 Å². The van der Waals surface area contributed by atoms with E-state index in [1.165, 1.54) is 7.05 Å². The Balaban J connectivity index is 2.18. The first-order chi connectivity index (χ1) is 10.1. The number of nitrogens with zero attached hydrogens (tertiary/aromatic N) is 1. The van der Waals surface area contributed by atoms with Crippen LogP contribution in [0.2, 0.25) is 0 Å². The maximum Gasteiger partial charge on any atom is 0.321 e. The van der Waals surface area contributed by atoms with Crippen molar-refractivity contribution in [1.29, 1.82) is 0 Å². The summed E-state index contributed by atoms with van der Waals surface area (Å²) < 4.78 is 0. The third-order valence-corrected chi connectivity index (χ3v) is 4.01. The van der Waals surface area contributed by atoms with Crippen LogP contribution in [-0.4, -0.2) is 37.0 Å². The average molecular weight is 289 g/mol. The van der Waals surface area contributed by atoms with E-state index in [4.69, 9.17) is 0 Å². The van der Waals surface area contributed by atoms with Crippen molar-refractivity contribution in [3.63, 3.8) is 0 Å². The number of hydrogen-bond donors (Lipinski definition) is 2. The minimum atomic E-state index is -0.466. The number of rotatable bonds is 3. The quantitative estimate of drug-likeness (QED) is 0.893. The summed E-state index contributed by atoms with van der Waals surface area (Å²) in [5.74, 6) is 0.426. The Kier molecular flexibility index (Phi) is 5.33. The molecule has 0 bridgehead atoms. The number of carbonyl (C=O) groups excluding carboxylic acids is 2. The highest BCUT2D eigenvalue weighted by Gasteiger charge is 2.30. The standard InChI is InChI=1S/C16H23N3O2/c1-12-8-10-19(11-9-12)14(13-6-4-3-5-7-13)15(20)18-16(21)17-2/h3-7,12,14H,8-11H2,1-2H3,(H2,17,18,20,21)/t14-/m1/s1. The highest BCUT2D eigenvalue weighted by atomic mass is 16.2. The summed E-state index contributed by atoms with van der Waals surface area (Å²) in [6.45, 7) is 3.99. The van der Waals surface area contributed by atoms with Gasteiger partial charge in [0.1, 0.15) is 6.04 Å². The lowest BCUT2D eigenvalue weighted by atomic mass is 9.95. The van der Waals surface area contributed by atoms with Gasteiger partial charge in [-0.25, -0.2) is 4.79 Å². The van der Waals surface area contributed by atoms with Gasteiger partial charge in [0.05, 0.1) is 0 Å². The molecule has 0 radical (unpaired) electrons. The van der Waals surface area contributed by atoms with Crippen molar-refractivity contribution >= 4 is 11.9 Å². The molecule has 3 amide bonds. The van der Waals surface area contributed by atoms with Crippen LogP contribution in [0.25, 0.3) is 0 Å². The zero-order valence-corrected chi connectivity index (χ0v) is 12.6. The van der Waals surface area contributed by atoms with Crippen molar-refractivity contribution in [3.05, 3.63) is 35.9 Å². The van der Waals surface area contributed by atoms with Gasteiger partial charge in [-0.2, -0.15) is 0 Å². The van der Waals surface area contributed by atoms with Gasteiger partial charge in [0.2, 0.25) is 5.91 Å². The molecule has 1 aromatic rings. The lowest BCUT2D eigenvalue weighted by Crippen LogP contribution is -2.47. The number of nitrogens with one attached hydrogen (secondary N) is 2. The number of likely N-dealkylation sites (tertiary alicyclic amines) is 1. The second-order valence-corrected chi connectivity index (χ2v) is 5.60. The lowest BCUT2D eigenvalue weighted by Gasteiger charge is -2.35. The number of urea groups is 1. The van der Waals surface area contributed by atoms with Crippen LogP contribution in [0.5, 0.6) is 0 Å². The Morgan fingerprint density at radius 1 is 1.19 bits per heavy atom. The fourth-order valence-electron chi connectivity index (χ4n) is 2.69. The molecule has 5 nitrogen and oxygen atoms in total. The number of amides is 3. The first-order valence-corrected chi connectivity index (χ1v) is 7.43. The molecule has 0 spiro atoms.